The first kappa shape index (κ1) is 38.8. The van der Waals surface area contributed by atoms with Crippen molar-refractivity contribution in [3.63, 3.8) is 0 Å². The van der Waals surface area contributed by atoms with Crippen molar-refractivity contribution in [2.75, 3.05) is 61.2 Å². The third kappa shape index (κ3) is 8.73. The Balaban J connectivity index is 0.992. The van der Waals surface area contributed by atoms with E-state index in [0.29, 0.717) is 92.5 Å². The summed E-state index contributed by atoms with van der Waals surface area (Å²) in [5.74, 6) is 4.55. The second-order valence-corrected chi connectivity index (χ2v) is 12.9. The minimum absolute atomic E-state index is 0.200. The first-order valence-electron chi connectivity index (χ1n) is 17.6. The van der Waals surface area contributed by atoms with Crippen LogP contribution in [0, 0.1) is 0 Å². The minimum Gasteiger partial charge on any atom is -0.493 e. The van der Waals surface area contributed by atoms with Crippen molar-refractivity contribution >= 4 is 23.2 Å². The van der Waals surface area contributed by atoms with Gasteiger partial charge in [-0.15, -0.1) is 0 Å². The van der Waals surface area contributed by atoms with Crippen LogP contribution >= 0.6 is 11.6 Å². The van der Waals surface area contributed by atoms with Crippen molar-refractivity contribution in [2.45, 2.75) is 31.8 Å². The molecule has 1 unspecified atom stereocenters. The molecule has 0 spiro atoms. The van der Waals surface area contributed by atoms with E-state index in [1.807, 2.05) is 36.4 Å². The zero-order chi connectivity index (χ0) is 38.9. The third-order valence-electron chi connectivity index (χ3n) is 9.08. The molecular weight excluding hydrogens is 730 g/mol. The second-order valence-electron chi connectivity index (χ2n) is 12.5. The van der Waals surface area contributed by atoms with Gasteiger partial charge in [0.2, 0.25) is 11.5 Å². The van der Waals surface area contributed by atoms with E-state index in [1.54, 1.807) is 73.0 Å². The van der Waals surface area contributed by atoms with Gasteiger partial charge in [-0.3, -0.25) is 4.79 Å². The number of hydrogen-bond acceptors (Lipinski definition) is 12. The number of hydrogen-bond donors (Lipinski definition) is 2. The molecule has 13 nitrogen and oxygen atoms in total. The monoisotopic (exact) mass is 773 g/mol. The zero-order valence-electron chi connectivity index (χ0n) is 31.6. The quantitative estimate of drug-likeness (QED) is 0.0824. The van der Waals surface area contributed by atoms with E-state index in [9.17, 15) is 4.79 Å². The first-order valence-corrected chi connectivity index (χ1v) is 18.0. The molecular formula is C41H44ClN3O10. The second kappa shape index (κ2) is 17.9. The molecule has 0 radical (unpaired) electrons. The molecule has 2 heterocycles. The lowest BCUT2D eigenvalue weighted by Crippen LogP contribution is -2.38. The molecule has 1 aliphatic rings. The average Bonchev–Trinajstić information content (AvgIpc) is 3.72. The van der Waals surface area contributed by atoms with Crippen molar-refractivity contribution < 1.29 is 47.2 Å². The van der Waals surface area contributed by atoms with Crippen LogP contribution in [0.3, 0.4) is 0 Å². The lowest BCUT2D eigenvalue weighted by atomic mass is 10.1. The highest BCUT2D eigenvalue weighted by Gasteiger charge is 2.26. The van der Waals surface area contributed by atoms with E-state index in [2.05, 4.69) is 15.8 Å². The average molecular weight is 774 g/mol. The van der Waals surface area contributed by atoms with Gasteiger partial charge in [-0.05, 0) is 85.8 Å². The van der Waals surface area contributed by atoms with Crippen molar-refractivity contribution in [3.05, 3.63) is 82.9 Å². The molecule has 55 heavy (non-hydrogen) atoms. The molecule has 0 fully saturated rings. The van der Waals surface area contributed by atoms with Crippen LogP contribution in [0.5, 0.6) is 46.0 Å². The van der Waals surface area contributed by atoms with Crippen LogP contribution in [-0.4, -0.2) is 66.9 Å². The summed E-state index contributed by atoms with van der Waals surface area (Å²) in [6.45, 7) is 0.994. The van der Waals surface area contributed by atoms with Gasteiger partial charge >= 0.3 is 0 Å². The van der Waals surface area contributed by atoms with Crippen molar-refractivity contribution in [2.24, 2.45) is 0 Å². The highest BCUT2D eigenvalue weighted by Crippen LogP contribution is 2.44. The largest absolute Gasteiger partial charge is 0.493 e. The van der Waals surface area contributed by atoms with E-state index >= 15 is 0 Å². The number of nitrogens with zero attached hydrogens (tertiary/aromatic N) is 1. The first-order chi connectivity index (χ1) is 26.8. The predicted octanol–water partition coefficient (Wildman–Crippen LogP) is 8.59. The van der Waals surface area contributed by atoms with Crippen LogP contribution in [0.4, 0.5) is 5.69 Å². The van der Waals surface area contributed by atoms with Gasteiger partial charge in [0, 0.05) is 27.9 Å². The van der Waals surface area contributed by atoms with Gasteiger partial charge < -0.3 is 53.1 Å². The number of ether oxygens (including phenoxy) is 8. The van der Waals surface area contributed by atoms with E-state index < -0.39 is 6.17 Å². The van der Waals surface area contributed by atoms with Crippen LogP contribution in [0.15, 0.2) is 71.3 Å². The summed E-state index contributed by atoms with van der Waals surface area (Å²) in [5.41, 5.74) is 4.06. The standard InChI is InChI=1S/C41H44ClN3O10/c1-47-33-17-24(40-43-29-13-12-27(42)22-28(29)41(46)44-40)11-14-31(33)53-15-9-7-8-10-16-54-39-36(50-4)20-26(21-37(39)51-5)32-23-30(45-55-32)25-18-34(48-2)38(52-6)35(19-25)49-3/h11-14,17-23,40,43H,7-10,15-16H2,1-6H3,(H,44,46). The molecule has 14 heteroatoms. The maximum Gasteiger partial charge on any atom is 0.255 e. The summed E-state index contributed by atoms with van der Waals surface area (Å²) in [5, 5.41) is 11.1. The Hall–Kier alpha value is -5.95. The Kier molecular flexibility index (Phi) is 12.6. The molecule has 1 aromatic heterocycles. The number of nitrogens with one attached hydrogen (secondary N) is 2. The summed E-state index contributed by atoms with van der Waals surface area (Å²) in [6.07, 6.45) is 3.12. The van der Waals surface area contributed by atoms with Crippen LogP contribution in [-0.2, 0) is 0 Å². The number of carbonyl (C=O) groups excluding carboxylic acids is 1. The van der Waals surface area contributed by atoms with Gasteiger partial charge in [-0.2, -0.15) is 0 Å². The van der Waals surface area contributed by atoms with E-state index in [0.717, 1.165) is 36.8 Å². The SMILES string of the molecule is COc1cc(C2NC(=O)c3cc(Cl)ccc3N2)ccc1OCCCCCCOc1c(OC)cc(-c2cc(-c3cc(OC)c(OC)c(OC)c3)no2)cc1OC. The van der Waals surface area contributed by atoms with E-state index in [1.165, 1.54) is 0 Å². The molecule has 4 aromatic carbocycles. The minimum atomic E-state index is -0.424. The number of halogens is 1. The summed E-state index contributed by atoms with van der Waals surface area (Å²) in [7, 11) is 9.43. The Morgan fingerprint density at radius 2 is 1.24 bits per heavy atom. The highest BCUT2D eigenvalue weighted by molar-refractivity contribution is 6.31. The summed E-state index contributed by atoms with van der Waals surface area (Å²) in [4.78, 5) is 12.7. The molecule has 6 rings (SSSR count). The number of benzene rings is 4. The molecule has 1 aliphatic heterocycles. The zero-order valence-corrected chi connectivity index (χ0v) is 32.3. The molecule has 2 N–H and O–H groups in total. The van der Waals surface area contributed by atoms with Gasteiger partial charge in [-0.25, -0.2) is 0 Å². The van der Waals surface area contributed by atoms with Crippen molar-refractivity contribution in [1.29, 1.82) is 0 Å². The van der Waals surface area contributed by atoms with E-state index in [4.69, 9.17) is 54.0 Å². The molecule has 0 aliphatic carbocycles. The predicted molar refractivity (Wildman–Crippen MR) is 208 cm³/mol. The smallest absolute Gasteiger partial charge is 0.255 e. The van der Waals surface area contributed by atoms with Gasteiger partial charge in [0.05, 0.1) is 61.4 Å². The molecule has 1 atom stereocenters. The molecule has 0 saturated carbocycles. The maximum atomic E-state index is 12.7. The normalized spacial score (nSPS) is 13.2. The fourth-order valence-electron chi connectivity index (χ4n) is 6.24. The van der Waals surface area contributed by atoms with Gasteiger partial charge in [0.15, 0.2) is 40.3 Å². The molecule has 0 saturated heterocycles. The van der Waals surface area contributed by atoms with Crippen molar-refractivity contribution in [3.8, 4) is 68.6 Å². The number of anilines is 1. The number of methoxy groups -OCH3 is 6. The van der Waals surface area contributed by atoms with Gasteiger partial charge in [-0.1, -0.05) is 22.8 Å². The number of fused-ring (bicyclic) bond motifs is 1. The lowest BCUT2D eigenvalue weighted by molar-refractivity contribution is 0.0935. The number of unbranched alkanes of at least 4 members (excludes halogenated alkanes) is 3. The summed E-state index contributed by atoms with van der Waals surface area (Å²) >= 11 is 6.07. The Morgan fingerprint density at radius 1 is 0.618 bits per heavy atom. The van der Waals surface area contributed by atoms with Crippen LogP contribution in [0.25, 0.3) is 22.6 Å². The Labute approximate surface area is 324 Å². The fraction of sp³-hybridized carbons (Fsp3) is 0.317. The molecule has 290 valence electrons. The maximum absolute atomic E-state index is 12.7. The summed E-state index contributed by atoms with van der Waals surface area (Å²) < 4.78 is 51.4. The topological polar surface area (TPSA) is 141 Å². The molecule has 5 aromatic rings. The third-order valence-corrected chi connectivity index (χ3v) is 9.32. The van der Waals surface area contributed by atoms with Crippen LogP contribution in [0.1, 0.15) is 47.8 Å². The van der Waals surface area contributed by atoms with Gasteiger partial charge in [0.1, 0.15) is 11.9 Å². The Morgan fingerprint density at radius 3 is 1.87 bits per heavy atom. The van der Waals surface area contributed by atoms with Gasteiger partial charge in [0.25, 0.3) is 5.91 Å². The number of aromatic nitrogens is 1. The summed E-state index contributed by atoms with van der Waals surface area (Å²) in [6, 6.07) is 19.9. The molecule has 0 bridgehead atoms. The highest BCUT2D eigenvalue weighted by atomic mass is 35.5. The van der Waals surface area contributed by atoms with Crippen LogP contribution < -0.4 is 48.5 Å². The van der Waals surface area contributed by atoms with Crippen molar-refractivity contribution in [1.82, 2.24) is 10.5 Å². The fourth-order valence-corrected chi connectivity index (χ4v) is 6.41. The lowest BCUT2D eigenvalue weighted by Gasteiger charge is -2.28. The van der Waals surface area contributed by atoms with Crippen LogP contribution in [0.2, 0.25) is 5.02 Å². The number of rotatable bonds is 18. The Bertz CT molecular complexity index is 2070. The number of amides is 1. The molecule has 1 amide bonds. The van der Waals surface area contributed by atoms with E-state index in [-0.39, 0.29) is 5.91 Å². The number of carbonyl (C=O) groups is 1.